The molecule has 0 spiro atoms. The van der Waals surface area contributed by atoms with E-state index in [1.54, 1.807) is 30.7 Å². The van der Waals surface area contributed by atoms with Crippen molar-refractivity contribution in [3.05, 3.63) is 54.1 Å². The van der Waals surface area contributed by atoms with Crippen molar-refractivity contribution in [2.75, 3.05) is 0 Å². The highest BCUT2D eigenvalue weighted by Crippen LogP contribution is 2.13. The minimum atomic E-state index is 0.0632. The SMILES string of the molecule is CCn1cc(CC(=O)c2ccc3nccnc3c2)cn1. The fraction of sp³-hybridized carbons (Fsp3) is 0.200. The van der Waals surface area contributed by atoms with E-state index in [9.17, 15) is 4.79 Å². The predicted octanol–water partition coefficient (Wildman–Crippen LogP) is 2.27. The van der Waals surface area contributed by atoms with Crippen LogP contribution in [0.1, 0.15) is 22.8 Å². The molecule has 0 amide bonds. The third-order valence-electron chi connectivity index (χ3n) is 3.17. The van der Waals surface area contributed by atoms with Crippen LogP contribution in [-0.4, -0.2) is 25.5 Å². The number of rotatable bonds is 4. The quantitative estimate of drug-likeness (QED) is 0.680. The molecule has 0 radical (unpaired) electrons. The minimum Gasteiger partial charge on any atom is -0.294 e. The van der Waals surface area contributed by atoms with Crippen LogP contribution >= 0.6 is 0 Å². The van der Waals surface area contributed by atoms with Crippen molar-refractivity contribution in [2.45, 2.75) is 19.9 Å². The number of nitrogens with zero attached hydrogens (tertiary/aromatic N) is 4. The van der Waals surface area contributed by atoms with Crippen LogP contribution in [0.2, 0.25) is 0 Å². The first-order valence-corrected chi connectivity index (χ1v) is 6.51. The van der Waals surface area contributed by atoms with Crippen molar-refractivity contribution >= 4 is 16.8 Å². The maximum absolute atomic E-state index is 12.3. The first-order chi connectivity index (χ1) is 9.76. The van der Waals surface area contributed by atoms with Gasteiger partial charge in [-0.15, -0.1) is 0 Å². The molecule has 0 aliphatic rings. The Balaban J connectivity index is 1.84. The number of benzene rings is 1. The Kier molecular flexibility index (Phi) is 3.25. The van der Waals surface area contributed by atoms with E-state index in [4.69, 9.17) is 0 Å². The molecule has 1 aromatic carbocycles. The zero-order chi connectivity index (χ0) is 13.9. The van der Waals surface area contributed by atoms with Gasteiger partial charge in [-0.05, 0) is 30.7 Å². The third kappa shape index (κ3) is 2.42. The predicted molar refractivity (Wildman–Crippen MR) is 75.5 cm³/mol. The Bertz CT molecular complexity index is 763. The van der Waals surface area contributed by atoms with Gasteiger partial charge >= 0.3 is 0 Å². The van der Waals surface area contributed by atoms with Crippen molar-refractivity contribution in [1.29, 1.82) is 0 Å². The molecule has 0 bridgehead atoms. The molecule has 3 aromatic rings. The Hall–Kier alpha value is -2.56. The van der Waals surface area contributed by atoms with Gasteiger partial charge in [0.2, 0.25) is 0 Å². The Morgan fingerprint density at radius 3 is 2.75 bits per heavy atom. The zero-order valence-electron chi connectivity index (χ0n) is 11.2. The normalized spacial score (nSPS) is 10.8. The van der Waals surface area contributed by atoms with Crippen molar-refractivity contribution in [1.82, 2.24) is 19.7 Å². The van der Waals surface area contributed by atoms with Gasteiger partial charge in [0.25, 0.3) is 0 Å². The number of aromatic nitrogens is 4. The summed E-state index contributed by atoms with van der Waals surface area (Å²) in [6.45, 7) is 2.82. The van der Waals surface area contributed by atoms with E-state index in [-0.39, 0.29) is 5.78 Å². The highest BCUT2D eigenvalue weighted by molar-refractivity contribution is 5.99. The smallest absolute Gasteiger partial charge is 0.167 e. The van der Waals surface area contributed by atoms with Crippen LogP contribution in [0.5, 0.6) is 0 Å². The van der Waals surface area contributed by atoms with E-state index in [2.05, 4.69) is 15.1 Å². The van der Waals surface area contributed by atoms with Crippen molar-refractivity contribution in [2.24, 2.45) is 0 Å². The van der Waals surface area contributed by atoms with Crippen LogP contribution < -0.4 is 0 Å². The fourth-order valence-electron chi connectivity index (χ4n) is 2.09. The molecule has 0 aliphatic heterocycles. The lowest BCUT2D eigenvalue weighted by Gasteiger charge is -2.01. The Labute approximate surface area is 116 Å². The average molecular weight is 266 g/mol. The Morgan fingerprint density at radius 2 is 2.00 bits per heavy atom. The van der Waals surface area contributed by atoms with Gasteiger partial charge in [-0.3, -0.25) is 19.4 Å². The molecular formula is C15H14N4O. The van der Waals surface area contributed by atoms with Gasteiger partial charge < -0.3 is 0 Å². The molecule has 0 unspecified atom stereocenters. The van der Waals surface area contributed by atoms with Gasteiger partial charge in [-0.2, -0.15) is 5.10 Å². The van der Waals surface area contributed by atoms with Gasteiger partial charge in [0.05, 0.1) is 17.2 Å². The minimum absolute atomic E-state index is 0.0632. The molecular weight excluding hydrogens is 252 g/mol. The molecule has 0 saturated heterocycles. The zero-order valence-corrected chi connectivity index (χ0v) is 11.2. The number of hydrogen-bond acceptors (Lipinski definition) is 4. The summed E-state index contributed by atoms with van der Waals surface area (Å²) in [5.74, 6) is 0.0632. The van der Waals surface area contributed by atoms with Crippen molar-refractivity contribution < 1.29 is 4.79 Å². The van der Waals surface area contributed by atoms with Gasteiger partial charge in [0.1, 0.15) is 0 Å². The maximum atomic E-state index is 12.3. The van der Waals surface area contributed by atoms with E-state index in [1.807, 2.05) is 23.9 Å². The number of carbonyl (C=O) groups excluding carboxylic acids is 1. The first-order valence-electron chi connectivity index (χ1n) is 6.51. The summed E-state index contributed by atoms with van der Waals surface area (Å²) in [5, 5.41) is 4.17. The van der Waals surface area contributed by atoms with Gasteiger partial charge in [0, 0.05) is 37.1 Å². The number of aryl methyl sites for hydroxylation is 1. The van der Waals surface area contributed by atoms with Gasteiger partial charge in [-0.1, -0.05) is 0 Å². The van der Waals surface area contributed by atoms with Crippen LogP contribution in [0, 0.1) is 0 Å². The lowest BCUT2D eigenvalue weighted by atomic mass is 10.0. The van der Waals surface area contributed by atoms with Crippen molar-refractivity contribution in [3.8, 4) is 0 Å². The van der Waals surface area contributed by atoms with Crippen LogP contribution in [-0.2, 0) is 13.0 Å². The lowest BCUT2D eigenvalue weighted by molar-refractivity contribution is 0.0993. The van der Waals surface area contributed by atoms with Crippen molar-refractivity contribution in [3.63, 3.8) is 0 Å². The number of carbonyl (C=O) groups is 1. The van der Waals surface area contributed by atoms with E-state index in [0.717, 1.165) is 23.1 Å². The topological polar surface area (TPSA) is 60.7 Å². The number of fused-ring (bicyclic) bond motifs is 1. The molecule has 0 saturated carbocycles. The highest BCUT2D eigenvalue weighted by atomic mass is 16.1. The fourth-order valence-corrected chi connectivity index (χ4v) is 2.09. The molecule has 5 heteroatoms. The number of Topliss-reactive ketones (excluding diaryl/α,β-unsaturated/α-hetero) is 1. The van der Waals surface area contributed by atoms with Gasteiger partial charge in [-0.25, -0.2) is 0 Å². The molecule has 2 heterocycles. The second-order valence-corrected chi connectivity index (χ2v) is 4.56. The summed E-state index contributed by atoms with van der Waals surface area (Å²) in [6.07, 6.45) is 7.26. The van der Waals surface area contributed by atoms with Crippen LogP contribution in [0.3, 0.4) is 0 Å². The molecule has 0 N–H and O–H groups in total. The van der Waals surface area contributed by atoms with E-state index in [0.29, 0.717) is 12.0 Å². The second-order valence-electron chi connectivity index (χ2n) is 4.56. The second kappa shape index (κ2) is 5.21. The van der Waals surface area contributed by atoms with E-state index in [1.165, 1.54) is 0 Å². The molecule has 20 heavy (non-hydrogen) atoms. The molecule has 100 valence electrons. The maximum Gasteiger partial charge on any atom is 0.167 e. The third-order valence-corrected chi connectivity index (χ3v) is 3.17. The summed E-state index contributed by atoms with van der Waals surface area (Å²) < 4.78 is 1.81. The highest BCUT2D eigenvalue weighted by Gasteiger charge is 2.10. The molecule has 3 rings (SSSR count). The summed E-state index contributed by atoms with van der Waals surface area (Å²) in [4.78, 5) is 20.7. The van der Waals surface area contributed by atoms with Crippen LogP contribution in [0.4, 0.5) is 0 Å². The molecule has 0 fully saturated rings. The summed E-state index contributed by atoms with van der Waals surface area (Å²) in [7, 11) is 0. The number of hydrogen-bond donors (Lipinski definition) is 0. The molecule has 5 nitrogen and oxygen atoms in total. The van der Waals surface area contributed by atoms with E-state index < -0.39 is 0 Å². The average Bonchev–Trinajstić information content (AvgIpc) is 2.94. The Morgan fingerprint density at radius 1 is 1.20 bits per heavy atom. The van der Waals surface area contributed by atoms with Crippen LogP contribution in [0.25, 0.3) is 11.0 Å². The monoisotopic (exact) mass is 266 g/mol. The lowest BCUT2D eigenvalue weighted by Crippen LogP contribution is -2.03. The number of ketones is 1. The van der Waals surface area contributed by atoms with Gasteiger partial charge in [0.15, 0.2) is 5.78 Å². The molecule has 2 aromatic heterocycles. The first kappa shape index (κ1) is 12.5. The summed E-state index contributed by atoms with van der Waals surface area (Å²) in [5.41, 5.74) is 3.11. The standard InChI is InChI=1S/C15H14N4O/c1-2-19-10-11(9-18-19)7-15(20)12-3-4-13-14(8-12)17-6-5-16-13/h3-6,8-10H,2,7H2,1H3. The van der Waals surface area contributed by atoms with E-state index >= 15 is 0 Å². The molecule has 0 atom stereocenters. The van der Waals surface area contributed by atoms with Crippen LogP contribution in [0.15, 0.2) is 43.0 Å². The largest absolute Gasteiger partial charge is 0.294 e. The summed E-state index contributed by atoms with van der Waals surface area (Å²) in [6, 6.07) is 5.41. The molecule has 0 aliphatic carbocycles. The summed E-state index contributed by atoms with van der Waals surface area (Å²) >= 11 is 0.